The molecule has 1 N–H and O–H groups in total. The van der Waals surface area contributed by atoms with Crippen molar-refractivity contribution in [3.8, 4) is 0 Å². The molecular weight excluding hydrogens is 232 g/mol. The van der Waals surface area contributed by atoms with Crippen LogP contribution in [0, 0.1) is 5.41 Å². The summed E-state index contributed by atoms with van der Waals surface area (Å²) in [5.74, 6) is 0. The molecule has 0 saturated carbocycles. The molecule has 1 aromatic carbocycles. The normalized spacial score (nSPS) is 30.3. The Kier molecular flexibility index (Phi) is 2.89. The summed E-state index contributed by atoms with van der Waals surface area (Å²) < 4.78 is 0. The first-order chi connectivity index (χ1) is 9.33. The second kappa shape index (κ2) is 4.60. The first-order valence-corrected chi connectivity index (χ1v) is 7.87. The Morgan fingerprint density at radius 3 is 3.00 bits per heavy atom. The first-order valence-electron chi connectivity index (χ1n) is 7.87. The van der Waals surface area contributed by atoms with Gasteiger partial charge in [-0.2, -0.15) is 0 Å². The molecule has 1 unspecified atom stereocenters. The number of rotatable bonds is 2. The standard InChI is InChI=1S/C17H24N2/c1-2-15-5-4-14(10-16(15)3-1)11-19-9-7-17(13-19)6-8-18-12-17/h4-5,10,18H,1-3,6-9,11-13H2. The van der Waals surface area contributed by atoms with E-state index >= 15 is 0 Å². The van der Waals surface area contributed by atoms with Gasteiger partial charge in [0.15, 0.2) is 0 Å². The molecule has 1 spiro atoms. The van der Waals surface area contributed by atoms with Crippen LogP contribution in [0.3, 0.4) is 0 Å². The van der Waals surface area contributed by atoms with Crippen LogP contribution in [0.15, 0.2) is 18.2 Å². The van der Waals surface area contributed by atoms with Crippen molar-refractivity contribution < 1.29 is 0 Å². The number of fused-ring (bicyclic) bond motifs is 1. The van der Waals surface area contributed by atoms with Gasteiger partial charge >= 0.3 is 0 Å². The van der Waals surface area contributed by atoms with Gasteiger partial charge in [0.25, 0.3) is 0 Å². The number of likely N-dealkylation sites (tertiary alicyclic amines) is 1. The van der Waals surface area contributed by atoms with Crippen LogP contribution in [-0.4, -0.2) is 31.1 Å². The minimum absolute atomic E-state index is 0.608. The number of nitrogens with zero attached hydrogens (tertiary/aromatic N) is 1. The molecule has 0 radical (unpaired) electrons. The van der Waals surface area contributed by atoms with E-state index in [4.69, 9.17) is 0 Å². The van der Waals surface area contributed by atoms with Crippen molar-refractivity contribution in [2.75, 3.05) is 26.2 Å². The number of nitrogens with one attached hydrogen (secondary N) is 1. The zero-order valence-corrected chi connectivity index (χ0v) is 11.8. The number of hydrogen-bond donors (Lipinski definition) is 1. The molecule has 2 aliphatic heterocycles. The van der Waals surface area contributed by atoms with Crippen molar-refractivity contribution in [1.82, 2.24) is 10.2 Å². The largest absolute Gasteiger partial charge is 0.316 e. The van der Waals surface area contributed by atoms with E-state index in [1.807, 2.05) is 0 Å². The highest BCUT2D eigenvalue weighted by Crippen LogP contribution is 2.36. The quantitative estimate of drug-likeness (QED) is 0.874. The van der Waals surface area contributed by atoms with Gasteiger partial charge < -0.3 is 5.32 Å². The molecule has 2 heterocycles. The van der Waals surface area contributed by atoms with Gasteiger partial charge in [0, 0.05) is 19.6 Å². The molecule has 0 bridgehead atoms. The van der Waals surface area contributed by atoms with Crippen LogP contribution < -0.4 is 5.32 Å². The summed E-state index contributed by atoms with van der Waals surface area (Å²) in [6.07, 6.45) is 6.74. The second-order valence-electron chi connectivity index (χ2n) is 6.84. The maximum atomic E-state index is 3.55. The van der Waals surface area contributed by atoms with Crippen LogP contribution in [-0.2, 0) is 19.4 Å². The van der Waals surface area contributed by atoms with Gasteiger partial charge in [-0.3, -0.25) is 4.90 Å². The van der Waals surface area contributed by atoms with E-state index in [1.54, 1.807) is 11.1 Å². The first kappa shape index (κ1) is 11.9. The van der Waals surface area contributed by atoms with E-state index in [0.29, 0.717) is 5.41 Å². The molecule has 0 aromatic heterocycles. The molecule has 3 aliphatic rings. The van der Waals surface area contributed by atoms with Crippen molar-refractivity contribution in [3.63, 3.8) is 0 Å². The van der Waals surface area contributed by atoms with E-state index in [9.17, 15) is 0 Å². The van der Waals surface area contributed by atoms with Gasteiger partial charge in [-0.25, -0.2) is 0 Å². The smallest absolute Gasteiger partial charge is 0.0234 e. The molecule has 1 atom stereocenters. The minimum Gasteiger partial charge on any atom is -0.316 e. The van der Waals surface area contributed by atoms with E-state index in [2.05, 4.69) is 28.4 Å². The van der Waals surface area contributed by atoms with Crippen LogP contribution in [0.5, 0.6) is 0 Å². The fraction of sp³-hybridized carbons (Fsp3) is 0.647. The molecule has 1 aromatic rings. The fourth-order valence-electron chi connectivity index (χ4n) is 4.29. The van der Waals surface area contributed by atoms with Crippen LogP contribution >= 0.6 is 0 Å². The Morgan fingerprint density at radius 2 is 2.11 bits per heavy atom. The molecule has 2 fully saturated rings. The van der Waals surface area contributed by atoms with Crippen LogP contribution in [0.25, 0.3) is 0 Å². The Morgan fingerprint density at radius 1 is 1.16 bits per heavy atom. The third kappa shape index (κ3) is 2.21. The van der Waals surface area contributed by atoms with Gasteiger partial charge in [0.2, 0.25) is 0 Å². The summed E-state index contributed by atoms with van der Waals surface area (Å²) >= 11 is 0. The summed E-state index contributed by atoms with van der Waals surface area (Å²) in [7, 11) is 0. The van der Waals surface area contributed by atoms with Crippen molar-refractivity contribution in [3.05, 3.63) is 34.9 Å². The average Bonchev–Trinajstić information content (AvgIpc) is 3.12. The molecule has 102 valence electrons. The second-order valence-corrected chi connectivity index (χ2v) is 6.84. The molecular formula is C17H24N2. The summed E-state index contributed by atoms with van der Waals surface area (Å²) in [5.41, 5.74) is 5.36. The van der Waals surface area contributed by atoms with Gasteiger partial charge in [-0.15, -0.1) is 0 Å². The summed E-state index contributed by atoms with van der Waals surface area (Å²) in [6.45, 7) is 6.23. The lowest BCUT2D eigenvalue weighted by Gasteiger charge is -2.23. The molecule has 0 amide bonds. The highest BCUT2D eigenvalue weighted by atomic mass is 15.2. The monoisotopic (exact) mass is 256 g/mol. The average molecular weight is 256 g/mol. The Labute approximate surface area is 116 Å². The number of aryl methyl sites for hydroxylation is 2. The van der Waals surface area contributed by atoms with Crippen molar-refractivity contribution in [1.29, 1.82) is 0 Å². The minimum atomic E-state index is 0.608. The number of benzene rings is 1. The lowest BCUT2D eigenvalue weighted by atomic mass is 9.86. The molecule has 4 rings (SSSR count). The number of hydrogen-bond acceptors (Lipinski definition) is 2. The predicted molar refractivity (Wildman–Crippen MR) is 78.3 cm³/mol. The maximum Gasteiger partial charge on any atom is 0.0234 e. The van der Waals surface area contributed by atoms with E-state index in [0.717, 1.165) is 6.54 Å². The molecule has 2 heteroatoms. The third-order valence-electron chi connectivity index (χ3n) is 5.42. The Hall–Kier alpha value is -0.860. The molecule has 2 saturated heterocycles. The predicted octanol–water partition coefficient (Wildman–Crippen LogP) is 2.36. The molecule has 19 heavy (non-hydrogen) atoms. The Bertz CT molecular complexity index is 474. The summed E-state index contributed by atoms with van der Waals surface area (Å²) in [6, 6.07) is 7.21. The Balaban J connectivity index is 1.44. The lowest BCUT2D eigenvalue weighted by Crippen LogP contribution is -2.28. The maximum absolute atomic E-state index is 3.55. The van der Waals surface area contributed by atoms with Gasteiger partial charge in [0.1, 0.15) is 0 Å². The van der Waals surface area contributed by atoms with E-state index in [1.165, 1.54) is 63.8 Å². The highest BCUT2D eigenvalue weighted by Gasteiger charge is 2.39. The highest BCUT2D eigenvalue weighted by molar-refractivity contribution is 5.35. The zero-order chi connectivity index (χ0) is 12.7. The van der Waals surface area contributed by atoms with Crippen molar-refractivity contribution >= 4 is 0 Å². The summed E-state index contributed by atoms with van der Waals surface area (Å²) in [5, 5.41) is 3.55. The van der Waals surface area contributed by atoms with Gasteiger partial charge in [0.05, 0.1) is 0 Å². The van der Waals surface area contributed by atoms with Crippen LogP contribution in [0.4, 0.5) is 0 Å². The zero-order valence-electron chi connectivity index (χ0n) is 11.8. The van der Waals surface area contributed by atoms with Gasteiger partial charge in [-0.1, -0.05) is 18.2 Å². The van der Waals surface area contributed by atoms with Gasteiger partial charge in [-0.05, 0) is 67.3 Å². The van der Waals surface area contributed by atoms with E-state index in [-0.39, 0.29) is 0 Å². The third-order valence-corrected chi connectivity index (χ3v) is 5.42. The van der Waals surface area contributed by atoms with E-state index < -0.39 is 0 Å². The van der Waals surface area contributed by atoms with Crippen molar-refractivity contribution in [2.45, 2.75) is 38.6 Å². The molecule has 1 aliphatic carbocycles. The SMILES string of the molecule is c1cc2c(cc1CN1CCC3(CCNC3)C1)CCC2. The topological polar surface area (TPSA) is 15.3 Å². The van der Waals surface area contributed by atoms with Crippen LogP contribution in [0.1, 0.15) is 36.0 Å². The lowest BCUT2D eigenvalue weighted by molar-refractivity contribution is 0.268. The molecule has 2 nitrogen and oxygen atoms in total. The van der Waals surface area contributed by atoms with Crippen molar-refractivity contribution in [2.24, 2.45) is 5.41 Å². The fourth-order valence-corrected chi connectivity index (χ4v) is 4.29. The van der Waals surface area contributed by atoms with Crippen LogP contribution in [0.2, 0.25) is 0 Å². The summed E-state index contributed by atoms with van der Waals surface area (Å²) in [4.78, 5) is 2.67.